The second kappa shape index (κ2) is 4.24. The van der Waals surface area contributed by atoms with Crippen molar-refractivity contribution >= 4 is 0 Å². The third-order valence-electron chi connectivity index (χ3n) is 7.04. The van der Waals surface area contributed by atoms with E-state index in [9.17, 15) is 0 Å². The Balaban J connectivity index is 1.65. The van der Waals surface area contributed by atoms with Crippen LogP contribution in [0.25, 0.3) is 0 Å². The lowest BCUT2D eigenvalue weighted by Crippen LogP contribution is -2.62. The lowest BCUT2D eigenvalue weighted by molar-refractivity contribution is -0.160. The highest BCUT2D eigenvalue weighted by molar-refractivity contribution is 5.15. The Bertz CT molecular complexity index is 379. The van der Waals surface area contributed by atoms with Crippen LogP contribution in [0.5, 0.6) is 0 Å². The van der Waals surface area contributed by atoms with Crippen LogP contribution < -0.4 is 5.32 Å². The fourth-order valence-corrected chi connectivity index (χ4v) is 7.50. The van der Waals surface area contributed by atoms with E-state index in [0.29, 0.717) is 16.2 Å². The Kier molecular flexibility index (Phi) is 2.89. The van der Waals surface area contributed by atoms with Crippen molar-refractivity contribution in [2.75, 3.05) is 6.54 Å². The Morgan fingerprint density at radius 3 is 2.15 bits per heavy atom. The molecule has 3 atom stereocenters. The molecule has 114 valence electrons. The minimum atomic E-state index is 0.666. The third-order valence-corrected chi connectivity index (χ3v) is 7.04. The van der Waals surface area contributed by atoms with Crippen LogP contribution in [-0.2, 0) is 0 Å². The molecule has 3 unspecified atom stereocenters. The monoisotopic (exact) mass is 275 g/mol. The van der Waals surface area contributed by atoms with Gasteiger partial charge < -0.3 is 5.32 Å². The van der Waals surface area contributed by atoms with Crippen LogP contribution in [0.3, 0.4) is 0 Å². The molecule has 1 heteroatoms. The summed E-state index contributed by atoms with van der Waals surface area (Å²) in [6.45, 7) is 8.79. The number of nitrogens with one attached hydrogen (secondary N) is 1. The highest BCUT2D eigenvalue weighted by atomic mass is 15.0. The first kappa shape index (κ1) is 13.6. The van der Waals surface area contributed by atoms with Gasteiger partial charge in [0.15, 0.2) is 0 Å². The smallest absolute Gasteiger partial charge is 0.0152 e. The van der Waals surface area contributed by atoms with E-state index in [1.807, 2.05) is 0 Å². The molecule has 0 aromatic carbocycles. The maximum atomic E-state index is 4.02. The number of hydrogen-bond donors (Lipinski definition) is 1. The van der Waals surface area contributed by atoms with Crippen molar-refractivity contribution in [2.24, 2.45) is 28.1 Å². The zero-order valence-electron chi connectivity index (χ0n) is 13.8. The molecular weight excluding hydrogens is 242 g/mol. The molecule has 0 saturated heterocycles. The van der Waals surface area contributed by atoms with Crippen molar-refractivity contribution in [2.45, 2.75) is 84.6 Å². The minimum Gasteiger partial charge on any atom is -0.313 e. The first-order valence-corrected chi connectivity index (χ1v) is 9.19. The molecule has 5 aliphatic carbocycles. The largest absolute Gasteiger partial charge is 0.313 e. The van der Waals surface area contributed by atoms with E-state index in [-0.39, 0.29) is 0 Å². The van der Waals surface area contributed by atoms with Gasteiger partial charge >= 0.3 is 0 Å². The van der Waals surface area contributed by atoms with Crippen molar-refractivity contribution in [3.8, 4) is 0 Å². The first-order valence-electron chi connectivity index (χ1n) is 9.19. The predicted octanol–water partition coefficient (Wildman–Crippen LogP) is 4.76. The molecule has 5 rings (SSSR count). The van der Waals surface area contributed by atoms with E-state index >= 15 is 0 Å². The second-order valence-corrected chi connectivity index (χ2v) is 9.76. The molecule has 0 radical (unpaired) electrons. The fourth-order valence-electron chi connectivity index (χ4n) is 7.50. The Morgan fingerprint density at radius 1 is 1.00 bits per heavy atom. The molecule has 1 nitrogen and oxygen atoms in total. The maximum Gasteiger partial charge on any atom is 0.0152 e. The van der Waals surface area contributed by atoms with Gasteiger partial charge in [0.05, 0.1) is 0 Å². The van der Waals surface area contributed by atoms with Gasteiger partial charge in [-0.1, -0.05) is 20.8 Å². The summed E-state index contributed by atoms with van der Waals surface area (Å²) >= 11 is 0. The van der Waals surface area contributed by atoms with Gasteiger partial charge in [0, 0.05) is 6.04 Å². The molecule has 0 aromatic heterocycles. The van der Waals surface area contributed by atoms with Crippen LogP contribution in [0.2, 0.25) is 0 Å². The van der Waals surface area contributed by atoms with Gasteiger partial charge in [-0.2, -0.15) is 0 Å². The summed E-state index contributed by atoms with van der Waals surface area (Å²) in [7, 11) is 0. The van der Waals surface area contributed by atoms with Crippen molar-refractivity contribution in [1.82, 2.24) is 5.32 Å². The van der Waals surface area contributed by atoms with Crippen LogP contribution in [0, 0.1) is 28.1 Å². The van der Waals surface area contributed by atoms with Crippen LogP contribution >= 0.6 is 0 Å². The first-order chi connectivity index (χ1) is 9.46. The van der Waals surface area contributed by atoms with Crippen LogP contribution in [0.1, 0.15) is 78.6 Å². The standard InChI is InChI=1S/C19H33N/c1-4-7-20-16(15-5-6-15)19-10-14-8-17(2,12-19)11-18(3,9-14)13-19/h14-16,20H,4-13H2,1-3H3. The summed E-state index contributed by atoms with van der Waals surface area (Å²) in [4.78, 5) is 0. The van der Waals surface area contributed by atoms with Crippen LogP contribution in [0.4, 0.5) is 0 Å². The molecule has 0 aliphatic heterocycles. The van der Waals surface area contributed by atoms with E-state index in [1.165, 1.54) is 57.9 Å². The number of rotatable bonds is 5. The molecule has 0 heterocycles. The van der Waals surface area contributed by atoms with Crippen molar-refractivity contribution < 1.29 is 0 Å². The molecule has 20 heavy (non-hydrogen) atoms. The van der Waals surface area contributed by atoms with E-state index in [0.717, 1.165) is 17.9 Å². The zero-order valence-corrected chi connectivity index (χ0v) is 13.8. The van der Waals surface area contributed by atoms with E-state index < -0.39 is 0 Å². The molecule has 4 bridgehead atoms. The molecule has 0 amide bonds. The van der Waals surface area contributed by atoms with Gasteiger partial charge in [-0.25, -0.2) is 0 Å². The van der Waals surface area contributed by atoms with Gasteiger partial charge in [0.2, 0.25) is 0 Å². The van der Waals surface area contributed by atoms with E-state index in [2.05, 4.69) is 26.1 Å². The lowest BCUT2D eigenvalue weighted by atomic mass is 9.39. The average molecular weight is 275 g/mol. The van der Waals surface area contributed by atoms with Gasteiger partial charge in [-0.3, -0.25) is 0 Å². The van der Waals surface area contributed by atoms with Crippen LogP contribution in [0.15, 0.2) is 0 Å². The number of hydrogen-bond acceptors (Lipinski definition) is 1. The van der Waals surface area contributed by atoms with Crippen LogP contribution in [-0.4, -0.2) is 12.6 Å². The summed E-state index contributed by atoms with van der Waals surface area (Å²) in [5, 5.41) is 4.02. The molecule has 5 fully saturated rings. The molecule has 1 N–H and O–H groups in total. The lowest BCUT2D eigenvalue weighted by Gasteiger charge is -2.67. The fraction of sp³-hybridized carbons (Fsp3) is 1.00. The average Bonchev–Trinajstić information content (AvgIpc) is 3.08. The predicted molar refractivity (Wildman–Crippen MR) is 84.6 cm³/mol. The highest BCUT2D eigenvalue weighted by Gasteiger charge is 2.63. The van der Waals surface area contributed by atoms with Gasteiger partial charge in [0.1, 0.15) is 0 Å². The molecule has 5 saturated carbocycles. The van der Waals surface area contributed by atoms with Crippen molar-refractivity contribution in [3.63, 3.8) is 0 Å². The normalized spacial score (nSPS) is 51.5. The van der Waals surface area contributed by atoms with Crippen molar-refractivity contribution in [1.29, 1.82) is 0 Å². The van der Waals surface area contributed by atoms with E-state index in [1.54, 1.807) is 6.42 Å². The summed E-state index contributed by atoms with van der Waals surface area (Å²) in [5.41, 5.74) is 2.02. The molecule has 0 aromatic rings. The molecule has 5 aliphatic rings. The molecular formula is C19H33N. The third kappa shape index (κ3) is 2.07. The Labute approximate surface area is 125 Å². The summed E-state index contributed by atoms with van der Waals surface area (Å²) in [6.07, 6.45) is 13.5. The topological polar surface area (TPSA) is 12.0 Å². The van der Waals surface area contributed by atoms with Gasteiger partial charge in [0.25, 0.3) is 0 Å². The maximum absolute atomic E-state index is 4.02. The molecule has 0 spiro atoms. The summed E-state index contributed by atoms with van der Waals surface area (Å²) in [5.74, 6) is 2.07. The highest BCUT2D eigenvalue weighted by Crippen LogP contribution is 2.71. The quantitative estimate of drug-likeness (QED) is 0.762. The second-order valence-electron chi connectivity index (χ2n) is 9.76. The van der Waals surface area contributed by atoms with Gasteiger partial charge in [-0.05, 0) is 92.4 Å². The minimum absolute atomic E-state index is 0.666. The van der Waals surface area contributed by atoms with Gasteiger partial charge in [-0.15, -0.1) is 0 Å². The SMILES string of the molecule is CCCNC(C1CC1)C12CC3CC(C)(CC(C)(C3)C1)C2. The Morgan fingerprint density at radius 2 is 1.65 bits per heavy atom. The zero-order chi connectivity index (χ0) is 14.0. The summed E-state index contributed by atoms with van der Waals surface area (Å²) in [6, 6.07) is 0.851. The summed E-state index contributed by atoms with van der Waals surface area (Å²) < 4.78 is 0. The Hall–Kier alpha value is -0.0400. The van der Waals surface area contributed by atoms with E-state index in [4.69, 9.17) is 0 Å². The van der Waals surface area contributed by atoms with Crippen molar-refractivity contribution in [3.05, 3.63) is 0 Å².